The van der Waals surface area contributed by atoms with Crippen LogP contribution in [-0.2, 0) is 20.1 Å². The van der Waals surface area contributed by atoms with Gasteiger partial charge in [0.1, 0.15) is 5.15 Å². The molecule has 0 aliphatic heterocycles. The molecule has 0 bridgehead atoms. The maximum atomic E-state index is 6.10. The molecule has 148 valence electrons. The molecule has 2 N–H and O–H groups in total. The summed E-state index contributed by atoms with van der Waals surface area (Å²) in [6, 6.07) is 7.73. The van der Waals surface area contributed by atoms with Crippen molar-refractivity contribution in [2.75, 3.05) is 20.8 Å². The van der Waals surface area contributed by atoms with Crippen LogP contribution in [0, 0.1) is 0 Å². The third-order valence-electron chi connectivity index (χ3n) is 4.03. The van der Waals surface area contributed by atoms with Gasteiger partial charge in [0.15, 0.2) is 17.5 Å². The second-order valence-corrected chi connectivity index (χ2v) is 6.71. The van der Waals surface area contributed by atoms with Crippen molar-refractivity contribution < 1.29 is 9.47 Å². The standard InChI is InChI=1S/C19H26Cl2N4O2/c1-5-8-27-16-7-6-13(9-17(16)26-4)11-23-19(22-2)24-12-14-10-15(20)18(21)25(14)3/h6-7,9-10H,5,8,11-12H2,1-4H3,(H2,22,23,24). The van der Waals surface area contributed by atoms with Gasteiger partial charge in [-0.2, -0.15) is 0 Å². The first-order valence-corrected chi connectivity index (χ1v) is 9.49. The molecule has 2 aromatic rings. The number of hydrogen-bond donors (Lipinski definition) is 2. The molecule has 0 unspecified atom stereocenters. The molecule has 0 aliphatic rings. The fourth-order valence-corrected chi connectivity index (χ4v) is 2.91. The maximum Gasteiger partial charge on any atom is 0.191 e. The number of nitrogens with zero attached hydrogens (tertiary/aromatic N) is 2. The van der Waals surface area contributed by atoms with Gasteiger partial charge in [-0.25, -0.2) is 0 Å². The summed E-state index contributed by atoms with van der Waals surface area (Å²) in [5, 5.41) is 7.59. The molecule has 0 saturated heterocycles. The zero-order chi connectivity index (χ0) is 19.8. The Labute approximate surface area is 170 Å². The summed E-state index contributed by atoms with van der Waals surface area (Å²) < 4.78 is 12.9. The molecule has 27 heavy (non-hydrogen) atoms. The van der Waals surface area contributed by atoms with Crippen molar-refractivity contribution in [3.8, 4) is 11.5 Å². The van der Waals surface area contributed by atoms with Crippen molar-refractivity contribution >= 4 is 29.2 Å². The van der Waals surface area contributed by atoms with Crippen molar-refractivity contribution in [1.82, 2.24) is 15.2 Å². The van der Waals surface area contributed by atoms with E-state index in [-0.39, 0.29) is 0 Å². The lowest BCUT2D eigenvalue weighted by atomic mass is 10.2. The summed E-state index contributed by atoms with van der Waals surface area (Å²) in [5.74, 6) is 2.15. The van der Waals surface area contributed by atoms with Crippen LogP contribution in [0.25, 0.3) is 0 Å². The van der Waals surface area contributed by atoms with Crippen molar-refractivity contribution in [3.05, 3.63) is 45.7 Å². The predicted molar refractivity (Wildman–Crippen MR) is 111 cm³/mol. The van der Waals surface area contributed by atoms with Gasteiger partial charge >= 0.3 is 0 Å². The Hall–Kier alpha value is -2.05. The zero-order valence-corrected chi connectivity index (χ0v) is 17.6. The lowest BCUT2D eigenvalue weighted by Gasteiger charge is -2.14. The van der Waals surface area contributed by atoms with E-state index in [0.29, 0.717) is 35.8 Å². The third kappa shape index (κ3) is 5.71. The molecule has 1 aromatic heterocycles. The second kappa shape index (κ2) is 10.3. The van der Waals surface area contributed by atoms with Gasteiger partial charge in [0.2, 0.25) is 0 Å². The van der Waals surface area contributed by atoms with Crippen LogP contribution in [0.15, 0.2) is 29.3 Å². The Morgan fingerprint density at radius 1 is 1.15 bits per heavy atom. The molecule has 0 radical (unpaired) electrons. The number of hydrogen-bond acceptors (Lipinski definition) is 3. The van der Waals surface area contributed by atoms with Gasteiger partial charge in [-0.1, -0.05) is 36.2 Å². The van der Waals surface area contributed by atoms with E-state index >= 15 is 0 Å². The van der Waals surface area contributed by atoms with Crippen molar-refractivity contribution in [1.29, 1.82) is 0 Å². The minimum atomic E-state index is 0.522. The number of rotatable bonds is 8. The maximum absolute atomic E-state index is 6.10. The van der Waals surface area contributed by atoms with Crippen LogP contribution in [0.1, 0.15) is 24.6 Å². The Morgan fingerprint density at radius 3 is 2.48 bits per heavy atom. The Balaban J connectivity index is 1.94. The van der Waals surface area contributed by atoms with Crippen LogP contribution in [0.3, 0.4) is 0 Å². The minimum absolute atomic E-state index is 0.522. The van der Waals surface area contributed by atoms with E-state index in [0.717, 1.165) is 29.2 Å². The summed E-state index contributed by atoms with van der Waals surface area (Å²) in [6.07, 6.45) is 0.950. The molecule has 8 heteroatoms. The van der Waals surface area contributed by atoms with Crippen LogP contribution >= 0.6 is 23.2 Å². The minimum Gasteiger partial charge on any atom is -0.493 e. The number of methoxy groups -OCH3 is 1. The highest BCUT2D eigenvalue weighted by Gasteiger charge is 2.10. The number of guanidine groups is 1. The van der Waals surface area contributed by atoms with Crippen LogP contribution in [0.2, 0.25) is 10.2 Å². The average molecular weight is 413 g/mol. The van der Waals surface area contributed by atoms with Gasteiger partial charge in [0.25, 0.3) is 0 Å². The third-order valence-corrected chi connectivity index (χ3v) is 4.87. The number of aromatic nitrogens is 1. The smallest absolute Gasteiger partial charge is 0.191 e. The largest absolute Gasteiger partial charge is 0.493 e. The second-order valence-electron chi connectivity index (χ2n) is 5.95. The first-order chi connectivity index (χ1) is 13.0. The summed E-state index contributed by atoms with van der Waals surface area (Å²) >= 11 is 12.1. The molecule has 0 aliphatic carbocycles. The van der Waals surface area contributed by atoms with E-state index in [1.165, 1.54) is 0 Å². The van der Waals surface area contributed by atoms with Crippen LogP contribution in [-0.4, -0.2) is 31.3 Å². The van der Waals surface area contributed by atoms with Crippen LogP contribution in [0.4, 0.5) is 0 Å². The lowest BCUT2D eigenvalue weighted by Crippen LogP contribution is -2.36. The van der Waals surface area contributed by atoms with E-state index in [1.54, 1.807) is 14.2 Å². The fraction of sp³-hybridized carbons (Fsp3) is 0.421. The summed E-state index contributed by atoms with van der Waals surface area (Å²) in [7, 11) is 5.24. The normalized spacial score (nSPS) is 11.4. The summed E-state index contributed by atoms with van der Waals surface area (Å²) in [5.41, 5.74) is 2.02. The molecule has 1 heterocycles. The Morgan fingerprint density at radius 2 is 1.89 bits per heavy atom. The number of benzene rings is 1. The van der Waals surface area contributed by atoms with Gasteiger partial charge in [-0.05, 0) is 30.2 Å². The van der Waals surface area contributed by atoms with Crippen molar-refractivity contribution in [2.45, 2.75) is 26.4 Å². The van der Waals surface area contributed by atoms with Crippen molar-refractivity contribution in [2.24, 2.45) is 12.0 Å². The van der Waals surface area contributed by atoms with Crippen LogP contribution < -0.4 is 20.1 Å². The molecule has 1 aromatic carbocycles. The highest BCUT2D eigenvalue weighted by atomic mass is 35.5. The van der Waals surface area contributed by atoms with Gasteiger partial charge in [-0.15, -0.1) is 0 Å². The predicted octanol–water partition coefficient (Wildman–Crippen LogP) is 3.99. The quantitative estimate of drug-likeness (QED) is 0.508. The first kappa shape index (κ1) is 21.3. The molecule has 0 spiro atoms. The topological polar surface area (TPSA) is 59.8 Å². The fourth-order valence-electron chi connectivity index (χ4n) is 2.49. The van der Waals surface area contributed by atoms with Gasteiger partial charge < -0.3 is 24.7 Å². The van der Waals surface area contributed by atoms with E-state index in [4.69, 9.17) is 32.7 Å². The number of halogens is 2. The molecular weight excluding hydrogens is 387 g/mol. The molecule has 0 saturated carbocycles. The number of nitrogens with one attached hydrogen (secondary N) is 2. The summed E-state index contributed by atoms with van der Waals surface area (Å²) in [6.45, 7) is 3.88. The SMILES string of the molecule is CCCOc1ccc(CNC(=NC)NCc2cc(Cl)c(Cl)n2C)cc1OC. The summed E-state index contributed by atoms with van der Waals surface area (Å²) in [4.78, 5) is 4.24. The molecule has 0 amide bonds. The van der Waals surface area contributed by atoms with Gasteiger partial charge in [0.05, 0.1) is 25.3 Å². The molecule has 6 nitrogen and oxygen atoms in total. The zero-order valence-electron chi connectivity index (χ0n) is 16.1. The number of aliphatic imine (C=N–C) groups is 1. The van der Waals surface area contributed by atoms with E-state index in [2.05, 4.69) is 22.5 Å². The molecular formula is C19H26Cl2N4O2. The monoisotopic (exact) mass is 412 g/mol. The lowest BCUT2D eigenvalue weighted by molar-refractivity contribution is 0.294. The highest BCUT2D eigenvalue weighted by Crippen LogP contribution is 2.28. The average Bonchev–Trinajstić information content (AvgIpc) is 2.93. The molecule has 0 fully saturated rings. The Bertz CT molecular complexity index is 790. The Kier molecular flexibility index (Phi) is 8.13. The van der Waals surface area contributed by atoms with Gasteiger partial charge in [-0.3, -0.25) is 4.99 Å². The molecule has 2 rings (SSSR count). The highest BCUT2D eigenvalue weighted by molar-refractivity contribution is 6.41. The van der Waals surface area contributed by atoms with Crippen LogP contribution in [0.5, 0.6) is 11.5 Å². The number of ether oxygens (including phenoxy) is 2. The molecule has 0 atom stereocenters. The first-order valence-electron chi connectivity index (χ1n) is 8.74. The van der Waals surface area contributed by atoms with Gasteiger partial charge in [0, 0.05) is 26.3 Å². The van der Waals surface area contributed by atoms with Crippen molar-refractivity contribution in [3.63, 3.8) is 0 Å². The van der Waals surface area contributed by atoms with E-state index in [1.807, 2.05) is 35.9 Å². The van der Waals surface area contributed by atoms with E-state index < -0.39 is 0 Å². The van der Waals surface area contributed by atoms with E-state index in [9.17, 15) is 0 Å².